The molecule has 2 aromatic carbocycles. The highest BCUT2D eigenvalue weighted by Gasteiger charge is 2.24. The van der Waals surface area contributed by atoms with Crippen LogP contribution in [0.25, 0.3) is 0 Å². The molecule has 0 heterocycles. The zero-order chi connectivity index (χ0) is 29.4. The SMILES string of the molecule is [2H]C([2H])([2H])Oc1cc(N)c(C(=O)OCC)cc1O.[2H]C([2H])([2H])Oc1cc([N+](=O)[O-])c(C(=O)OCC)cc1O. The van der Waals surface area contributed by atoms with E-state index in [0.29, 0.717) is 6.07 Å². The number of anilines is 1. The lowest BCUT2D eigenvalue weighted by molar-refractivity contribution is -0.385. The number of hydrogen-bond donors (Lipinski definition) is 3. The van der Waals surface area contributed by atoms with E-state index in [0.717, 1.165) is 18.2 Å². The summed E-state index contributed by atoms with van der Waals surface area (Å²) in [5.74, 6) is -3.86. The lowest BCUT2D eigenvalue weighted by Gasteiger charge is -2.08. The highest BCUT2D eigenvalue weighted by atomic mass is 16.6. The average molecular weight is 458 g/mol. The third-order valence-electron chi connectivity index (χ3n) is 3.62. The Hall–Kier alpha value is -4.22. The maximum atomic E-state index is 11.5. The number of carbonyl (C=O) groups excluding carboxylic acids is 2. The number of carbonyl (C=O) groups is 2. The van der Waals surface area contributed by atoms with Crippen molar-refractivity contribution < 1.29 is 51.9 Å². The highest BCUT2D eigenvalue weighted by Crippen LogP contribution is 2.34. The molecule has 0 saturated heterocycles. The minimum atomic E-state index is -2.89. The molecule has 0 saturated carbocycles. The number of phenolic OH excluding ortho intramolecular Hbond substituents is 2. The Labute approximate surface area is 191 Å². The quantitative estimate of drug-likeness (QED) is 0.182. The third-order valence-corrected chi connectivity index (χ3v) is 3.62. The number of hydrogen-bond acceptors (Lipinski definition) is 11. The van der Waals surface area contributed by atoms with Gasteiger partial charge in [0.05, 0.1) is 57.8 Å². The minimum Gasteiger partial charge on any atom is -0.504 e. The Kier molecular flexibility index (Phi) is 6.46. The molecular formula is C20H24N2O10. The van der Waals surface area contributed by atoms with E-state index in [-0.39, 0.29) is 30.2 Å². The summed E-state index contributed by atoms with van der Waals surface area (Å²) in [6.45, 7) is 3.28. The number of phenols is 2. The lowest BCUT2D eigenvalue weighted by atomic mass is 10.1. The fraction of sp³-hybridized carbons (Fsp3) is 0.300. The van der Waals surface area contributed by atoms with Gasteiger partial charge in [-0.05, 0) is 13.8 Å². The van der Waals surface area contributed by atoms with E-state index in [2.05, 4.69) is 14.2 Å². The van der Waals surface area contributed by atoms with Gasteiger partial charge in [0.2, 0.25) is 0 Å². The molecule has 2 aromatic rings. The van der Waals surface area contributed by atoms with Crippen molar-refractivity contribution in [3.8, 4) is 23.0 Å². The molecule has 0 radical (unpaired) electrons. The van der Waals surface area contributed by atoms with Crippen LogP contribution in [0.4, 0.5) is 11.4 Å². The number of benzene rings is 2. The Bertz CT molecular complexity index is 1180. The Balaban J connectivity index is 0.000000382. The maximum Gasteiger partial charge on any atom is 0.345 e. The predicted octanol–water partition coefficient (Wildman–Crippen LogP) is 2.65. The molecule has 0 unspecified atom stereocenters. The summed E-state index contributed by atoms with van der Waals surface area (Å²) in [6.07, 6.45) is 0. The maximum absolute atomic E-state index is 11.5. The van der Waals surface area contributed by atoms with Crippen LogP contribution in [-0.4, -0.2) is 54.4 Å². The molecule has 0 aliphatic heterocycles. The molecule has 0 spiro atoms. The van der Waals surface area contributed by atoms with Gasteiger partial charge >= 0.3 is 11.9 Å². The van der Waals surface area contributed by atoms with Crippen LogP contribution in [0, 0.1) is 10.1 Å². The van der Waals surface area contributed by atoms with Gasteiger partial charge in [0.15, 0.2) is 23.0 Å². The first kappa shape index (κ1) is 17.5. The number of esters is 2. The number of rotatable bonds is 7. The standard InChI is InChI=1S/C10H11NO6.C10H13NO4/c1-3-17-10(13)6-4-8(12)9(16-2)5-7(6)11(14)15;1-3-15-10(13)6-4-8(12)9(14-2)5-7(6)11/h4-5,12H,3H2,1-2H3;4-5,12H,3,11H2,1-2H3/i2*2D3. The summed E-state index contributed by atoms with van der Waals surface area (Å²) in [7, 11) is -5.61. The monoisotopic (exact) mass is 458 g/mol. The molecule has 174 valence electrons. The van der Waals surface area contributed by atoms with Crippen molar-refractivity contribution in [2.24, 2.45) is 0 Å². The Morgan fingerprint density at radius 3 is 1.91 bits per heavy atom. The van der Waals surface area contributed by atoms with Crippen molar-refractivity contribution in [2.75, 3.05) is 33.0 Å². The van der Waals surface area contributed by atoms with Gasteiger partial charge in [-0.2, -0.15) is 0 Å². The zero-order valence-electron chi connectivity index (χ0n) is 22.9. The molecule has 0 atom stereocenters. The van der Waals surface area contributed by atoms with Crippen LogP contribution in [0.1, 0.15) is 42.8 Å². The van der Waals surface area contributed by atoms with E-state index in [1.807, 2.05) is 0 Å². The highest BCUT2D eigenvalue weighted by molar-refractivity contribution is 5.96. The van der Waals surface area contributed by atoms with Crippen LogP contribution in [0.2, 0.25) is 0 Å². The van der Waals surface area contributed by atoms with Crippen molar-refractivity contribution in [3.05, 3.63) is 45.5 Å². The lowest BCUT2D eigenvalue weighted by Crippen LogP contribution is -2.08. The van der Waals surface area contributed by atoms with Crippen molar-refractivity contribution >= 4 is 23.3 Å². The fourth-order valence-corrected chi connectivity index (χ4v) is 2.21. The number of aromatic hydroxyl groups is 2. The van der Waals surface area contributed by atoms with Gasteiger partial charge in [-0.15, -0.1) is 0 Å². The molecule has 32 heavy (non-hydrogen) atoms. The van der Waals surface area contributed by atoms with E-state index in [1.165, 1.54) is 6.92 Å². The molecule has 0 bridgehead atoms. The van der Waals surface area contributed by atoms with Crippen LogP contribution < -0.4 is 15.2 Å². The molecule has 2 rings (SSSR count). The summed E-state index contributed by atoms with van der Waals surface area (Å²) >= 11 is 0. The van der Waals surface area contributed by atoms with Gasteiger partial charge in [-0.25, -0.2) is 9.59 Å². The molecule has 0 aliphatic rings. The molecule has 0 aliphatic carbocycles. The fourth-order valence-electron chi connectivity index (χ4n) is 2.21. The number of methoxy groups -OCH3 is 2. The number of nitrogen functional groups attached to an aromatic ring is 1. The zero-order valence-corrected chi connectivity index (χ0v) is 16.9. The number of ether oxygens (including phenoxy) is 4. The molecule has 12 heteroatoms. The topological polar surface area (TPSA) is 181 Å². The van der Waals surface area contributed by atoms with Crippen LogP contribution >= 0.6 is 0 Å². The average Bonchev–Trinajstić information content (AvgIpc) is 2.76. The number of nitro groups is 1. The summed E-state index contributed by atoms with van der Waals surface area (Å²) < 4.78 is 59.7. The molecule has 4 N–H and O–H groups in total. The van der Waals surface area contributed by atoms with Gasteiger partial charge in [-0.3, -0.25) is 10.1 Å². The smallest absolute Gasteiger partial charge is 0.345 e. The van der Waals surface area contributed by atoms with E-state index in [4.69, 9.17) is 18.7 Å². The first-order valence-electron chi connectivity index (χ1n) is 11.8. The van der Waals surface area contributed by atoms with E-state index in [1.54, 1.807) is 6.92 Å². The molecular weight excluding hydrogens is 428 g/mol. The van der Waals surface area contributed by atoms with Crippen molar-refractivity contribution in [1.82, 2.24) is 0 Å². The van der Waals surface area contributed by atoms with E-state index in [9.17, 15) is 29.9 Å². The Morgan fingerprint density at radius 1 is 0.969 bits per heavy atom. The van der Waals surface area contributed by atoms with Crippen LogP contribution in [0.5, 0.6) is 23.0 Å². The largest absolute Gasteiger partial charge is 0.504 e. The van der Waals surface area contributed by atoms with Crippen LogP contribution in [0.3, 0.4) is 0 Å². The molecule has 0 aromatic heterocycles. The third kappa shape index (κ3) is 6.39. The van der Waals surface area contributed by atoms with Crippen molar-refractivity contribution in [2.45, 2.75) is 13.8 Å². The van der Waals surface area contributed by atoms with Crippen molar-refractivity contribution in [3.63, 3.8) is 0 Å². The first-order chi connectivity index (χ1) is 17.4. The van der Waals surface area contributed by atoms with Gasteiger partial charge in [0.25, 0.3) is 5.69 Å². The first-order valence-corrected chi connectivity index (χ1v) is 8.76. The van der Waals surface area contributed by atoms with Gasteiger partial charge in [-0.1, -0.05) is 0 Å². The van der Waals surface area contributed by atoms with Crippen LogP contribution in [-0.2, 0) is 9.47 Å². The second kappa shape index (κ2) is 11.8. The normalized spacial score (nSPS) is 13.3. The van der Waals surface area contributed by atoms with E-state index < -0.39 is 59.4 Å². The summed E-state index contributed by atoms with van der Waals surface area (Å²) in [5, 5.41) is 30.0. The Morgan fingerprint density at radius 2 is 1.44 bits per heavy atom. The predicted molar refractivity (Wildman–Crippen MR) is 112 cm³/mol. The van der Waals surface area contributed by atoms with Crippen molar-refractivity contribution in [1.29, 1.82) is 0 Å². The number of nitro benzene ring substituents is 1. The van der Waals surface area contributed by atoms with Gasteiger partial charge < -0.3 is 34.9 Å². The summed E-state index contributed by atoms with van der Waals surface area (Å²) in [4.78, 5) is 33.0. The number of nitrogens with zero attached hydrogens (tertiary/aromatic N) is 1. The summed E-state index contributed by atoms with van der Waals surface area (Å²) in [5.41, 5.74) is 4.26. The molecule has 0 fully saturated rings. The number of nitrogens with two attached hydrogens (primary N) is 1. The molecule has 12 nitrogen and oxygen atoms in total. The second-order valence-corrected chi connectivity index (χ2v) is 5.65. The molecule has 0 amide bonds. The van der Waals surface area contributed by atoms with Crippen LogP contribution in [0.15, 0.2) is 24.3 Å². The second-order valence-electron chi connectivity index (χ2n) is 5.65. The van der Waals surface area contributed by atoms with Gasteiger partial charge in [0, 0.05) is 18.2 Å². The van der Waals surface area contributed by atoms with Gasteiger partial charge in [0.1, 0.15) is 5.56 Å². The summed E-state index contributed by atoms with van der Waals surface area (Å²) in [6, 6.07) is 3.47. The minimum absolute atomic E-state index is 0.00965. The van der Waals surface area contributed by atoms with E-state index >= 15 is 0 Å².